The fourth-order valence-corrected chi connectivity index (χ4v) is 3.37. The number of hydrogen-bond donors (Lipinski definition) is 2. The Hall–Kier alpha value is -4.48. The van der Waals surface area contributed by atoms with Crippen LogP contribution in [-0.4, -0.2) is 55.0 Å². The molecular weight excluding hydrogens is 474 g/mol. The number of nitrogens with zero attached hydrogens (tertiary/aromatic N) is 1. The van der Waals surface area contributed by atoms with Gasteiger partial charge in [0.05, 0.1) is 19.1 Å². The van der Waals surface area contributed by atoms with Crippen molar-refractivity contribution in [2.24, 2.45) is 0 Å². The largest absolute Gasteiger partial charge is 0.467 e. The number of ether oxygens (including phenoxy) is 3. The van der Waals surface area contributed by atoms with Gasteiger partial charge in [-0.05, 0) is 29.3 Å². The number of esters is 2. The summed E-state index contributed by atoms with van der Waals surface area (Å²) in [6.07, 6.45) is 0.192. The van der Waals surface area contributed by atoms with Crippen LogP contribution in [0, 0.1) is 10.1 Å². The van der Waals surface area contributed by atoms with Gasteiger partial charge in [-0.25, -0.2) is 9.59 Å². The molecule has 0 radical (unpaired) electrons. The van der Waals surface area contributed by atoms with Crippen LogP contribution in [0.15, 0.2) is 42.5 Å². The summed E-state index contributed by atoms with van der Waals surface area (Å²) in [6.45, 7) is 2.55. The molecule has 0 saturated heterocycles. The van der Waals surface area contributed by atoms with Gasteiger partial charge < -0.3 is 24.8 Å². The zero-order valence-electron chi connectivity index (χ0n) is 20.2. The maximum absolute atomic E-state index is 12.0. The van der Waals surface area contributed by atoms with Gasteiger partial charge in [0.1, 0.15) is 17.8 Å². The minimum atomic E-state index is -0.979. The summed E-state index contributed by atoms with van der Waals surface area (Å²) in [7, 11) is 2.41. The molecule has 192 valence electrons. The van der Waals surface area contributed by atoms with E-state index in [4.69, 9.17) is 14.2 Å². The van der Waals surface area contributed by atoms with E-state index in [1.54, 1.807) is 24.3 Å². The Labute approximate surface area is 207 Å². The minimum Gasteiger partial charge on any atom is -0.467 e. The van der Waals surface area contributed by atoms with Crippen molar-refractivity contribution < 1.29 is 38.3 Å². The van der Waals surface area contributed by atoms with E-state index in [2.05, 4.69) is 10.6 Å². The van der Waals surface area contributed by atoms with E-state index in [9.17, 15) is 29.3 Å². The van der Waals surface area contributed by atoms with Crippen LogP contribution in [0.25, 0.3) is 0 Å². The monoisotopic (exact) mass is 501 g/mol. The van der Waals surface area contributed by atoms with Crippen LogP contribution >= 0.6 is 0 Å². The van der Waals surface area contributed by atoms with Crippen molar-refractivity contribution in [3.63, 3.8) is 0 Å². The molecule has 2 aromatic rings. The molecule has 0 unspecified atom stereocenters. The predicted octanol–water partition coefficient (Wildman–Crippen LogP) is 1.83. The molecule has 0 aliphatic rings. The lowest BCUT2D eigenvalue weighted by molar-refractivity contribution is -0.385. The Morgan fingerprint density at radius 3 is 1.75 bits per heavy atom. The van der Waals surface area contributed by atoms with Gasteiger partial charge in [0.2, 0.25) is 17.6 Å². The smallest absolute Gasteiger partial charge is 0.328 e. The number of carbonyl (C=O) groups is 4. The molecule has 2 rings (SSSR count). The van der Waals surface area contributed by atoms with Crippen molar-refractivity contribution in [2.45, 2.75) is 38.8 Å². The summed E-state index contributed by atoms with van der Waals surface area (Å²) in [5, 5.41) is 16.5. The van der Waals surface area contributed by atoms with Crippen molar-refractivity contribution in [3.05, 3.63) is 63.7 Å². The number of nitrogens with one attached hydrogen (secondary N) is 2. The molecule has 2 atom stereocenters. The van der Waals surface area contributed by atoms with Crippen LogP contribution in [0.2, 0.25) is 0 Å². The van der Waals surface area contributed by atoms with Crippen molar-refractivity contribution in [1.29, 1.82) is 0 Å². The highest BCUT2D eigenvalue weighted by molar-refractivity contribution is 5.84. The average Bonchev–Trinajstić information content (AvgIpc) is 2.82. The lowest BCUT2D eigenvalue weighted by Crippen LogP contribution is -2.42. The van der Waals surface area contributed by atoms with Crippen LogP contribution in [0.5, 0.6) is 11.5 Å². The second kappa shape index (κ2) is 12.8. The lowest BCUT2D eigenvalue weighted by atomic mass is 10.0. The van der Waals surface area contributed by atoms with Gasteiger partial charge in [-0.1, -0.05) is 18.2 Å². The molecular formula is C24H27N3O9. The normalized spacial score (nSPS) is 12.0. The molecule has 12 heteroatoms. The Morgan fingerprint density at radius 2 is 1.31 bits per heavy atom. The highest BCUT2D eigenvalue weighted by atomic mass is 16.6. The third-order valence-corrected chi connectivity index (χ3v) is 4.98. The van der Waals surface area contributed by atoms with Crippen molar-refractivity contribution in [3.8, 4) is 11.5 Å². The Morgan fingerprint density at radius 1 is 0.833 bits per heavy atom. The van der Waals surface area contributed by atoms with Gasteiger partial charge >= 0.3 is 17.6 Å². The Kier molecular flexibility index (Phi) is 9.90. The molecule has 2 N–H and O–H groups in total. The quantitative estimate of drug-likeness (QED) is 0.266. The number of hydrogen-bond acceptors (Lipinski definition) is 9. The summed E-state index contributed by atoms with van der Waals surface area (Å²) in [5.74, 6) is -1.86. The van der Waals surface area contributed by atoms with E-state index in [0.717, 1.165) is 0 Å². The zero-order chi connectivity index (χ0) is 26.8. The van der Waals surface area contributed by atoms with Gasteiger partial charge in [0.25, 0.3) is 0 Å². The third kappa shape index (κ3) is 8.08. The first-order chi connectivity index (χ1) is 17.0. The molecule has 2 aromatic carbocycles. The van der Waals surface area contributed by atoms with E-state index in [0.29, 0.717) is 11.1 Å². The summed E-state index contributed by atoms with van der Waals surface area (Å²) < 4.78 is 15.2. The lowest BCUT2D eigenvalue weighted by Gasteiger charge is -2.16. The minimum absolute atomic E-state index is 0.0254. The fourth-order valence-electron chi connectivity index (χ4n) is 3.37. The summed E-state index contributed by atoms with van der Waals surface area (Å²) in [5.41, 5.74) is 0.881. The number of carbonyl (C=O) groups excluding carboxylic acids is 4. The Balaban J connectivity index is 2.25. The number of rotatable bonds is 11. The standard InChI is InChI=1S/C24H27N3O9/c1-14(28)25-19(23(30)34-3)11-16-5-8-18(9-6-16)36-22-13-17(7-10-21(22)27(32)33)12-20(24(31)35-4)26-15(2)29/h5-10,13,19-20H,11-12H2,1-4H3,(H,25,28)(H,26,29)/t19-,20-/m0/s1. The molecule has 2 amide bonds. The maximum atomic E-state index is 12.0. The second-order valence-electron chi connectivity index (χ2n) is 7.77. The Bertz CT molecular complexity index is 1130. The number of methoxy groups -OCH3 is 2. The molecule has 0 heterocycles. The van der Waals surface area contributed by atoms with Crippen LogP contribution in [0.1, 0.15) is 25.0 Å². The average molecular weight is 501 g/mol. The van der Waals surface area contributed by atoms with Crippen LogP contribution in [-0.2, 0) is 41.5 Å². The predicted molar refractivity (Wildman–Crippen MR) is 126 cm³/mol. The molecule has 0 fully saturated rings. The van der Waals surface area contributed by atoms with Gasteiger partial charge in [0, 0.05) is 32.8 Å². The first-order valence-corrected chi connectivity index (χ1v) is 10.8. The molecule has 0 aliphatic carbocycles. The fraction of sp³-hybridized carbons (Fsp3) is 0.333. The van der Waals surface area contributed by atoms with E-state index in [1.165, 1.54) is 46.3 Å². The summed E-state index contributed by atoms with van der Waals surface area (Å²) in [6, 6.07) is 8.67. The highest BCUT2D eigenvalue weighted by Crippen LogP contribution is 2.33. The third-order valence-electron chi connectivity index (χ3n) is 4.98. The summed E-state index contributed by atoms with van der Waals surface area (Å²) in [4.78, 5) is 57.6. The van der Waals surface area contributed by atoms with Crippen LogP contribution in [0.3, 0.4) is 0 Å². The molecule has 0 aromatic heterocycles. The van der Waals surface area contributed by atoms with Gasteiger partial charge in [-0.3, -0.25) is 19.7 Å². The number of nitro groups is 1. The van der Waals surface area contributed by atoms with E-state index in [1.807, 2.05) is 0 Å². The van der Waals surface area contributed by atoms with E-state index in [-0.39, 0.29) is 35.9 Å². The first kappa shape index (κ1) is 27.8. The van der Waals surface area contributed by atoms with Crippen LogP contribution in [0.4, 0.5) is 5.69 Å². The number of benzene rings is 2. The van der Waals surface area contributed by atoms with Crippen molar-refractivity contribution in [2.75, 3.05) is 14.2 Å². The van der Waals surface area contributed by atoms with Crippen LogP contribution < -0.4 is 15.4 Å². The van der Waals surface area contributed by atoms with Gasteiger partial charge in [0.15, 0.2) is 0 Å². The molecule has 0 aliphatic heterocycles. The van der Waals surface area contributed by atoms with Gasteiger partial charge in [-0.15, -0.1) is 0 Å². The molecule has 0 bridgehead atoms. The molecule has 0 spiro atoms. The molecule has 36 heavy (non-hydrogen) atoms. The molecule has 12 nitrogen and oxygen atoms in total. The van der Waals surface area contributed by atoms with Crippen molar-refractivity contribution in [1.82, 2.24) is 10.6 Å². The summed E-state index contributed by atoms with van der Waals surface area (Å²) >= 11 is 0. The number of amides is 2. The van der Waals surface area contributed by atoms with E-state index >= 15 is 0 Å². The number of nitro benzene ring substituents is 1. The highest BCUT2D eigenvalue weighted by Gasteiger charge is 2.24. The second-order valence-corrected chi connectivity index (χ2v) is 7.77. The molecule has 0 saturated carbocycles. The van der Waals surface area contributed by atoms with Gasteiger partial charge in [-0.2, -0.15) is 0 Å². The van der Waals surface area contributed by atoms with Crippen molar-refractivity contribution >= 4 is 29.4 Å². The maximum Gasteiger partial charge on any atom is 0.328 e. The SMILES string of the molecule is COC(=O)[C@H](Cc1ccc(Oc2cc(C[C@H](NC(C)=O)C(=O)OC)ccc2[N+](=O)[O-])cc1)NC(C)=O. The topological polar surface area (TPSA) is 163 Å². The zero-order valence-corrected chi connectivity index (χ0v) is 20.2. The van der Waals surface area contributed by atoms with E-state index < -0.39 is 34.9 Å². The first-order valence-electron chi connectivity index (χ1n) is 10.8.